The molecule has 0 N–H and O–H groups in total. The summed E-state index contributed by atoms with van der Waals surface area (Å²) in [6.45, 7) is 0. The Hall–Kier alpha value is -6.12. The molecule has 211 valence electrons. The summed E-state index contributed by atoms with van der Waals surface area (Å²) in [4.78, 5) is 0. The van der Waals surface area contributed by atoms with E-state index in [9.17, 15) is 0 Å². The molecule has 0 aliphatic heterocycles. The van der Waals surface area contributed by atoms with Crippen molar-refractivity contribution >= 4 is 87.0 Å². The molecule has 0 fully saturated rings. The maximum absolute atomic E-state index is 7.19. The summed E-state index contributed by atoms with van der Waals surface area (Å²) in [5.74, 6) is 0. The number of fused-ring (bicyclic) bond motifs is 4. The molecular weight excluding hydrogens is 560 g/mol. The summed E-state index contributed by atoms with van der Waals surface area (Å²) in [7, 11) is 0. The van der Waals surface area contributed by atoms with E-state index in [4.69, 9.17) is 8.83 Å². The van der Waals surface area contributed by atoms with Crippen molar-refractivity contribution < 1.29 is 8.83 Å². The highest BCUT2D eigenvalue weighted by Crippen LogP contribution is 2.52. The molecule has 0 bridgehead atoms. The second-order valence-corrected chi connectivity index (χ2v) is 12.3. The molecule has 0 saturated heterocycles. The first kappa shape index (κ1) is 24.2. The second-order valence-electron chi connectivity index (χ2n) is 12.3. The van der Waals surface area contributed by atoms with Gasteiger partial charge in [0.15, 0.2) is 0 Å². The minimum Gasteiger partial charge on any atom is -0.455 e. The molecular formula is C44H23O2. The smallest absolute Gasteiger partial charge is 0.144 e. The molecule has 0 aliphatic rings. The molecule has 0 amide bonds. The largest absolute Gasteiger partial charge is 0.455 e. The third-order valence-corrected chi connectivity index (χ3v) is 9.90. The molecule has 1 radical (unpaired) electrons. The predicted octanol–water partition coefficient (Wildman–Crippen LogP) is 12.7. The van der Waals surface area contributed by atoms with Gasteiger partial charge in [-0.25, -0.2) is 0 Å². The van der Waals surface area contributed by atoms with Gasteiger partial charge in [-0.05, 0) is 73.8 Å². The van der Waals surface area contributed by atoms with Crippen LogP contribution in [-0.2, 0) is 0 Å². The first-order valence-corrected chi connectivity index (χ1v) is 15.7. The molecule has 2 heterocycles. The molecule has 2 nitrogen and oxygen atoms in total. The molecule has 9 aromatic carbocycles. The molecule has 0 spiro atoms. The molecule has 2 heteroatoms. The van der Waals surface area contributed by atoms with Crippen LogP contribution in [0.3, 0.4) is 0 Å². The molecule has 2 aromatic heterocycles. The fourth-order valence-corrected chi connectivity index (χ4v) is 8.02. The van der Waals surface area contributed by atoms with Crippen LogP contribution in [0.4, 0.5) is 0 Å². The summed E-state index contributed by atoms with van der Waals surface area (Å²) in [5, 5.41) is 13.9. The molecule has 0 unspecified atom stereocenters. The number of hydrogen-bond donors (Lipinski definition) is 0. The van der Waals surface area contributed by atoms with Crippen LogP contribution in [-0.4, -0.2) is 0 Å². The minimum absolute atomic E-state index is 0.861. The van der Waals surface area contributed by atoms with E-state index in [2.05, 4.69) is 146 Å². The van der Waals surface area contributed by atoms with Crippen molar-refractivity contribution in [3.05, 3.63) is 146 Å². The summed E-state index contributed by atoms with van der Waals surface area (Å²) >= 11 is 0. The molecule has 11 aromatic rings. The highest BCUT2D eigenvalue weighted by atomic mass is 16.3. The lowest BCUT2D eigenvalue weighted by Crippen LogP contribution is -1.95. The van der Waals surface area contributed by atoms with Gasteiger partial charge < -0.3 is 8.83 Å². The van der Waals surface area contributed by atoms with E-state index >= 15 is 0 Å². The fraction of sp³-hybridized carbons (Fsp3) is 0. The van der Waals surface area contributed by atoms with Gasteiger partial charge in [0, 0.05) is 43.4 Å². The number of rotatable bonds is 2. The zero-order valence-electron chi connectivity index (χ0n) is 24.6. The van der Waals surface area contributed by atoms with E-state index < -0.39 is 0 Å². The average Bonchev–Trinajstić information content (AvgIpc) is 3.12. The Morgan fingerprint density at radius 1 is 0.348 bits per heavy atom. The van der Waals surface area contributed by atoms with E-state index in [0.29, 0.717) is 0 Å². The zero-order valence-corrected chi connectivity index (χ0v) is 24.6. The van der Waals surface area contributed by atoms with Crippen molar-refractivity contribution in [3.8, 4) is 22.3 Å². The van der Waals surface area contributed by atoms with E-state index in [1.165, 1.54) is 21.5 Å². The number of hydrogen-bond acceptors (Lipinski definition) is 2. The molecule has 11 rings (SSSR count). The van der Waals surface area contributed by atoms with Crippen LogP contribution in [0, 0.1) is 6.07 Å². The monoisotopic (exact) mass is 583 g/mol. The second kappa shape index (κ2) is 8.74. The van der Waals surface area contributed by atoms with Crippen molar-refractivity contribution in [1.29, 1.82) is 0 Å². The van der Waals surface area contributed by atoms with Gasteiger partial charge in [-0.3, -0.25) is 0 Å². The van der Waals surface area contributed by atoms with Crippen LogP contribution in [0.15, 0.2) is 148 Å². The lowest BCUT2D eigenvalue weighted by molar-refractivity contribution is 0.656. The Kier molecular flexibility index (Phi) is 4.61. The summed E-state index contributed by atoms with van der Waals surface area (Å²) < 4.78 is 14.4. The Labute approximate surface area is 263 Å². The zero-order chi connectivity index (χ0) is 29.9. The third kappa shape index (κ3) is 3.05. The van der Waals surface area contributed by atoms with Crippen molar-refractivity contribution in [2.45, 2.75) is 0 Å². The van der Waals surface area contributed by atoms with E-state index in [-0.39, 0.29) is 0 Å². The van der Waals surface area contributed by atoms with Crippen LogP contribution in [0.2, 0.25) is 0 Å². The normalized spacial score (nSPS) is 12.3. The first-order valence-electron chi connectivity index (χ1n) is 15.7. The highest BCUT2D eigenvalue weighted by Gasteiger charge is 2.27. The van der Waals surface area contributed by atoms with E-state index in [0.717, 1.165) is 87.7 Å². The van der Waals surface area contributed by atoms with Crippen molar-refractivity contribution in [3.63, 3.8) is 0 Å². The lowest BCUT2D eigenvalue weighted by atomic mass is 9.85. The van der Waals surface area contributed by atoms with Gasteiger partial charge in [0.05, 0.1) is 0 Å². The van der Waals surface area contributed by atoms with Crippen LogP contribution >= 0.6 is 0 Å². The molecule has 0 saturated carbocycles. The fourth-order valence-electron chi connectivity index (χ4n) is 8.02. The first-order chi connectivity index (χ1) is 22.8. The third-order valence-electron chi connectivity index (χ3n) is 9.90. The molecule has 0 atom stereocenters. The van der Waals surface area contributed by atoms with Gasteiger partial charge in [-0.1, -0.05) is 115 Å². The summed E-state index contributed by atoms with van der Waals surface area (Å²) in [5.41, 5.74) is 7.75. The maximum atomic E-state index is 7.19. The quantitative estimate of drug-likeness (QED) is 0.149. The van der Waals surface area contributed by atoms with Crippen LogP contribution < -0.4 is 0 Å². The Morgan fingerprint density at radius 2 is 0.804 bits per heavy atom. The Balaban J connectivity index is 1.50. The summed E-state index contributed by atoms with van der Waals surface area (Å²) in [6.07, 6.45) is 0. The highest BCUT2D eigenvalue weighted by molar-refractivity contribution is 6.36. The molecule has 0 aliphatic carbocycles. The van der Waals surface area contributed by atoms with Crippen LogP contribution in [0.1, 0.15) is 0 Å². The molecule has 46 heavy (non-hydrogen) atoms. The van der Waals surface area contributed by atoms with E-state index in [1.807, 2.05) is 0 Å². The Bertz CT molecular complexity index is 2760. The minimum atomic E-state index is 0.861. The maximum Gasteiger partial charge on any atom is 0.144 e. The lowest BCUT2D eigenvalue weighted by Gasteiger charge is -2.21. The van der Waals surface area contributed by atoms with Crippen LogP contribution in [0.5, 0.6) is 0 Å². The van der Waals surface area contributed by atoms with Gasteiger partial charge in [-0.15, -0.1) is 0 Å². The standard InChI is InChI=1S/C44H23O2/c1-3-9-25(10-4-1)37-41-31-21-17-27-13-7-15-29-20-24-34(39(31)35(27)29)46-44(41)38(26-11-5-2-6-12-26)42-32-22-18-28-14-8-16-30-19-23-33(45-43(37)42)40(32)36(28)30/h1-7,9-24H. The average molecular weight is 584 g/mol. The van der Waals surface area contributed by atoms with Crippen molar-refractivity contribution in [2.24, 2.45) is 0 Å². The topological polar surface area (TPSA) is 26.3 Å². The summed E-state index contributed by atoms with van der Waals surface area (Å²) in [6, 6.07) is 52.8. The predicted molar refractivity (Wildman–Crippen MR) is 192 cm³/mol. The van der Waals surface area contributed by atoms with Gasteiger partial charge in [0.1, 0.15) is 22.3 Å². The van der Waals surface area contributed by atoms with Gasteiger partial charge in [-0.2, -0.15) is 0 Å². The van der Waals surface area contributed by atoms with Gasteiger partial charge in [0.2, 0.25) is 0 Å². The van der Waals surface area contributed by atoms with E-state index in [1.54, 1.807) is 0 Å². The Morgan fingerprint density at radius 3 is 1.35 bits per heavy atom. The number of benzene rings is 9. The van der Waals surface area contributed by atoms with Crippen LogP contribution in [0.25, 0.3) is 109 Å². The van der Waals surface area contributed by atoms with Crippen molar-refractivity contribution in [1.82, 2.24) is 0 Å². The SMILES string of the molecule is [c]1cc2ccc3oc4c(-c5ccccc5)c5c(oc6ccc7cccc8ccc5c6c78)c(-c5ccccc5)c4c4ccc(c1)c2c34. The van der Waals surface area contributed by atoms with Gasteiger partial charge in [0.25, 0.3) is 0 Å². The van der Waals surface area contributed by atoms with Crippen molar-refractivity contribution in [2.75, 3.05) is 0 Å². The van der Waals surface area contributed by atoms with Gasteiger partial charge >= 0.3 is 0 Å².